The van der Waals surface area contributed by atoms with Gasteiger partial charge in [0.15, 0.2) is 5.69 Å². The maximum atomic E-state index is 13.0. The van der Waals surface area contributed by atoms with Crippen LogP contribution in [0.1, 0.15) is 44.1 Å². The Kier molecular flexibility index (Phi) is 7.55. The van der Waals surface area contributed by atoms with E-state index in [1.807, 2.05) is 5.43 Å². The molecule has 3 rings (SSSR count). The van der Waals surface area contributed by atoms with Crippen molar-refractivity contribution in [1.82, 2.24) is 5.16 Å². The molecule has 6 nitrogen and oxygen atoms in total. The number of hydrogen-bond donors (Lipinski definition) is 2. The summed E-state index contributed by atoms with van der Waals surface area (Å²) < 4.78 is 121. The highest BCUT2D eigenvalue weighted by Crippen LogP contribution is 2.37. The fourth-order valence-corrected chi connectivity index (χ4v) is 3.13. The van der Waals surface area contributed by atoms with Crippen LogP contribution in [0.15, 0.2) is 52.1 Å². The highest BCUT2D eigenvalue weighted by atomic mass is 19.4. The number of rotatable bonds is 7. The lowest BCUT2D eigenvalue weighted by atomic mass is 10.0. The summed E-state index contributed by atoms with van der Waals surface area (Å²) in [5.74, 6) is -1.55. The molecule has 0 atom stereocenters. The van der Waals surface area contributed by atoms with Crippen LogP contribution in [0.5, 0.6) is 0 Å². The molecule has 0 aliphatic rings. The number of hydrazone groups is 1. The normalized spacial score (nSPS) is 12.8. The van der Waals surface area contributed by atoms with Gasteiger partial charge < -0.3 is 9.63 Å². The smallest absolute Gasteiger partial charge is 0.416 e. The molecule has 2 N–H and O–H groups in total. The number of hydrogen-bond acceptors (Lipinski definition) is 5. The molecule has 0 spiro atoms. The zero-order valence-electron chi connectivity index (χ0n) is 18.1. The second-order valence-electron chi connectivity index (χ2n) is 7.53. The number of halogens is 9. The van der Waals surface area contributed by atoms with Gasteiger partial charge in [0.2, 0.25) is 0 Å². The van der Waals surface area contributed by atoms with Crippen molar-refractivity contribution in [2.24, 2.45) is 5.10 Å². The molecule has 1 aromatic heterocycles. The lowest BCUT2D eigenvalue weighted by molar-refractivity contribution is -0.143. The molecule has 15 heteroatoms. The van der Waals surface area contributed by atoms with Gasteiger partial charge in [-0.25, -0.2) is 4.79 Å². The highest BCUT2D eigenvalue weighted by molar-refractivity contribution is 5.88. The summed E-state index contributed by atoms with van der Waals surface area (Å²) in [4.78, 5) is 11.4. The molecule has 0 saturated heterocycles. The van der Waals surface area contributed by atoms with E-state index >= 15 is 0 Å². The van der Waals surface area contributed by atoms with Gasteiger partial charge in [0.05, 0.1) is 22.4 Å². The Morgan fingerprint density at radius 2 is 1.43 bits per heavy atom. The van der Waals surface area contributed by atoms with E-state index in [1.54, 1.807) is 0 Å². The fraction of sp³-hybridized carbons (Fsp3) is 0.227. The van der Waals surface area contributed by atoms with Crippen LogP contribution < -0.4 is 5.43 Å². The van der Waals surface area contributed by atoms with Crippen molar-refractivity contribution >= 4 is 17.9 Å². The third-order valence-electron chi connectivity index (χ3n) is 4.89. The summed E-state index contributed by atoms with van der Waals surface area (Å²) >= 11 is 0. The van der Waals surface area contributed by atoms with Gasteiger partial charge in [-0.3, -0.25) is 5.43 Å². The van der Waals surface area contributed by atoms with Crippen LogP contribution in [-0.4, -0.2) is 22.4 Å². The van der Waals surface area contributed by atoms with Crippen LogP contribution in [0.4, 0.5) is 45.2 Å². The molecule has 0 unspecified atom stereocenters. The average molecular weight is 539 g/mol. The molecule has 2 aromatic carbocycles. The summed E-state index contributed by atoms with van der Waals surface area (Å²) in [5, 5.41) is 16.2. The number of carboxylic acids is 1. The number of carboxylic acid groups (broad SMARTS) is 1. The van der Waals surface area contributed by atoms with Gasteiger partial charge in [-0.15, -0.1) is 0 Å². The average Bonchev–Trinajstić information content (AvgIpc) is 3.17. The molecule has 3 aromatic rings. The maximum absolute atomic E-state index is 13.0. The van der Waals surface area contributed by atoms with Gasteiger partial charge in [-0.05, 0) is 35.9 Å². The van der Waals surface area contributed by atoms with Crippen molar-refractivity contribution < 1.29 is 53.9 Å². The van der Waals surface area contributed by atoms with E-state index in [-0.39, 0.29) is 30.2 Å². The number of nitrogens with zero attached hydrogens (tertiary/aromatic N) is 2. The van der Waals surface area contributed by atoms with Crippen LogP contribution in [-0.2, 0) is 31.4 Å². The Labute approximate surface area is 201 Å². The van der Waals surface area contributed by atoms with Gasteiger partial charge in [0.25, 0.3) is 0 Å². The van der Waals surface area contributed by atoms with E-state index in [0.717, 1.165) is 30.5 Å². The van der Waals surface area contributed by atoms with Gasteiger partial charge in [0, 0.05) is 24.6 Å². The minimum Gasteiger partial charge on any atom is -0.476 e. The Bertz CT molecular complexity index is 1260. The first-order valence-corrected chi connectivity index (χ1v) is 9.99. The summed E-state index contributed by atoms with van der Waals surface area (Å²) in [7, 11) is 0. The zero-order valence-corrected chi connectivity index (χ0v) is 18.1. The Hall–Kier alpha value is -4.04. The van der Waals surface area contributed by atoms with Crippen LogP contribution in [0.2, 0.25) is 0 Å². The van der Waals surface area contributed by atoms with Crippen LogP contribution in [0.25, 0.3) is 0 Å². The maximum Gasteiger partial charge on any atom is 0.416 e. The standard InChI is InChI=1S/C22H14F9N3O3/c23-20(24,25)12-3-1-11(2-4-12)7-17-16(18(19(35)36)34-37-17)5-6-32-33-15-9-13(21(26,27)28)8-14(10-15)22(29,30)31/h1-4,6,8-10,33H,5,7H2,(H,35,36). The van der Waals surface area contributed by atoms with E-state index in [9.17, 15) is 49.4 Å². The summed E-state index contributed by atoms with van der Waals surface area (Å²) in [6.07, 6.45) is -14.2. The molecular formula is C22H14F9N3O3. The first kappa shape index (κ1) is 27.5. The van der Waals surface area contributed by atoms with E-state index in [4.69, 9.17) is 4.52 Å². The SMILES string of the molecule is O=C(O)c1noc(Cc2ccc(C(F)(F)F)cc2)c1CC=NNc1cc(C(F)(F)F)cc(C(F)(F)F)c1. The second-order valence-corrected chi connectivity index (χ2v) is 7.53. The third-order valence-corrected chi connectivity index (χ3v) is 4.89. The van der Waals surface area contributed by atoms with Gasteiger partial charge in [0.1, 0.15) is 5.76 Å². The fourth-order valence-electron chi connectivity index (χ4n) is 3.13. The molecule has 0 amide bonds. The second kappa shape index (κ2) is 10.1. The monoisotopic (exact) mass is 539 g/mol. The first-order valence-electron chi connectivity index (χ1n) is 9.99. The predicted molar refractivity (Wildman–Crippen MR) is 110 cm³/mol. The highest BCUT2D eigenvalue weighted by Gasteiger charge is 2.37. The topological polar surface area (TPSA) is 87.7 Å². The number of alkyl halides is 9. The van der Waals surface area contributed by atoms with E-state index in [0.29, 0.717) is 17.7 Å². The van der Waals surface area contributed by atoms with Crippen molar-refractivity contribution in [3.63, 3.8) is 0 Å². The molecule has 0 saturated carbocycles. The number of anilines is 1. The van der Waals surface area contributed by atoms with E-state index in [2.05, 4.69) is 10.3 Å². The van der Waals surface area contributed by atoms with Gasteiger partial charge in [-0.2, -0.15) is 44.6 Å². The number of benzene rings is 2. The molecule has 0 aliphatic carbocycles. The van der Waals surface area contributed by atoms with Crippen LogP contribution in [0.3, 0.4) is 0 Å². The third kappa shape index (κ3) is 7.01. The van der Waals surface area contributed by atoms with E-state index in [1.165, 1.54) is 0 Å². The number of carbonyl (C=O) groups is 1. The lowest BCUT2D eigenvalue weighted by Crippen LogP contribution is -2.11. The molecule has 0 aliphatic heterocycles. The van der Waals surface area contributed by atoms with Crippen molar-refractivity contribution in [2.45, 2.75) is 31.4 Å². The molecule has 0 bridgehead atoms. The quantitative estimate of drug-likeness (QED) is 0.199. The molecular weight excluding hydrogens is 525 g/mol. The van der Waals surface area contributed by atoms with E-state index < -0.39 is 52.6 Å². The Balaban J connectivity index is 1.80. The minimum absolute atomic E-state index is 0.0398. The van der Waals surface area contributed by atoms with Crippen molar-refractivity contribution in [2.75, 3.05) is 5.43 Å². The minimum atomic E-state index is -5.06. The molecule has 1 heterocycles. The van der Waals surface area contributed by atoms with Crippen LogP contribution >= 0.6 is 0 Å². The Morgan fingerprint density at radius 3 is 1.92 bits per heavy atom. The first-order chi connectivity index (χ1) is 17.1. The number of nitrogens with one attached hydrogen (secondary N) is 1. The number of aromatic carboxylic acids is 1. The van der Waals surface area contributed by atoms with Crippen molar-refractivity contribution in [3.05, 3.63) is 81.7 Å². The summed E-state index contributed by atoms with van der Waals surface area (Å²) in [6, 6.07) is 4.69. The van der Waals surface area contributed by atoms with Gasteiger partial charge >= 0.3 is 24.5 Å². The van der Waals surface area contributed by atoms with Gasteiger partial charge in [-0.1, -0.05) is 17.3 Å². The number of aromatic nitrogens is 1. The van der Waals surface area contributed by atoms with Crippen LogP contribution in [0, 0.1) is 0 Å². The lowest BCUT2D eigenvalue weighted by Gasteiger charge is -2.13. The molecule has 37 heavy (non-hydrogen) atoms. The largest absolute Gasteiger partial charge is 0.476 e. The summed E-state index contributed by atoms with van der Waals surface area (Å²) in [6.45, 7) is 0. The summed E-state index contributed by atoms with van der Waals surface area (Å²) in [5.41, 5.74) is -2.90. The Morgan fingerprint density at radius 1 is 0.892 bits per heavy atom. The predicted octanol–water partition coefficient (Wildman–Crippen LogP) is 6.66. The molecule has 198 valence electrons. The zero-order chi connectivity index (χ0) is 27.6. The molecule has 0 radical (unpaired) electrons. The van der Waals surface area contributed by atoms with Crippen molar-refractivity contribution in [1.29, 1.82) is 0 Å². The van der Waals surface area contributed by atoms with Crippen molar-refractivity contribution in [3.8, 4) is 0 Å². The molecule has 0 fully saturated rings.